The molecule has 3 aromatic rings. The maximum absolute atomic E-state index is 5.93. The van der Waals surface area contributed by atoms with Gasteiger partial charge in [-0.3, -0.25) is 4.57 Å². The molecule has 0 spiro atoms. The van der Waals surface area contributed by atoms with Crippen LogP contribution in [0, 0.1) is 0 Å². The Bertz CT molecular complexity index is 820. The lowest BCUT2D eigenvalue weighted by molar-refractivity contribution is 0.314. The molecule has 0 bridgehead atoms. The number of fused-ring (bicyclic) bond motifs is 1. The second kappa shape index (κ2) is 6.05. The summed E-state index contributed by atoms with van der Waals surface area (Å²) in [6, 6.07) is 3.86. The van der Waals surface area contributed by atoms with Gasteiger partial charge in [0, 0.05) is 6.20 Å². The number of hydrogen-bond acceptors (Lipinski definition) is 6. The van der Waals surface area contributed by atoms with Crippen LogP contribution in [0.25, 0.3) is 11.2 Å². The smallest absolute Gasteiger partial charge is 0.320 e. The second-order valence-electron chi connectivity index (χ2n) is 4.45. The first-order valence-corrected chi connectivity index (χ1v) is 7.68. The predicted octanol–water partition coefficient (Wildman–Crippen LogP) is 2.67. The number of pyridine rings is 1. The molecule has 0 saturated heterocycles. The lowest BCUT2D eigenvalue weighted by atomic mass is 10.3. The van der Waals surface area contributed by atoms with Crippen molar-refractivity contribution in [2.75, 3.05) is 12.3 Å². The molecule has 2 N–H and O–H groups in total. The summed E-state index contributed by atoms with van der Waals surface area (Å²) in [7, 11) is 0. The number of halogens is 2. The lowest BCUT2D eigenvalue weighted by Crippen LogP contribution is -2.05. The van der Waals surface area contributed by atoms with E-state index >= 15 is 0 Å². The molecule has 0 radical (unpaired) electrons. The standard InChI is InChI=1S/C13H12BrClN6O/c1-2-22-13-19-10(16)9-11(20-13)21(12(14)18-9)6-7-3-4-8(15)17-5-7/h3-5H,2,6H2,1H3,(H2,16,19,20). The molecule has 3 heterocycles. The quantitative estimate of drug-likeness (QED) is 0.550. The molecule has 0 aromatic carbocycles. The van der Waals surface area contributed by atoms with Crippen molar-refractivity contribution in [3.63, 3.8) is 0 Å². The van der Waals surface area contributed by atoms with Crippen molar-refractivity contribution >= 4 is 44.5 Å². The van der Waals surface area contributed by atoms with Crippen LogP contribution in [0.4, 0.5) is 5.82 Å². The van der Waals surface area contributed by atoms with Gasteiger partial charge < -0.3 is 10.5 Å². The Kier molecular flexibility index (Phi) is 4.12. The topological polar surface area (TPSA) is 91.7 Å². The second-order valence-corrected chi connectivity index (χ2v) is 5.55. The molecule has 0 saturated carbocycles. The first-order chi connectivity index (χ1) is 10.6. The Hall–Kier alpha value is -1.93. The molecule has 0 atom stereocenters. The number of ether oxygens (including phenoxy) is 1. The third-order valence-corrected chi connectivity index (χ3v) is 3.79. The van der Waals surface area contributed by atoms with Crippen LogP contribution in [-0.2, 0) is 6.54 Å². The molecule has 3 aromatic heterocycles. The highest BCUT2D eigenvalue weighted by molar-refractivity contribution is 9.10. The van der Waals surface area contributed by atoms with Gasteiger partial charge in [-0.1, -0.05) is 17.7 Å². The fourth-order valence-corrected chi connectivity index (χ4v) is 2.57. The minimum absolute atomic E-state index is 0.232. The van der Waals surface area contributed by atoms with E-state index in [0.29, 0.717) is 34.2 Å². The summed E-state index contributed by atoms with van der Waals surface area (Å²) in [5.41, 5.74) is 8.00. The van der Waals surface area contributed by atoms with Crippen molar-refractivity contribution in [2.24, 2.45) is 0 Å². The van der Waals surface area contributed by atoms with Crippen molar-refractivity contribution in [3.05, 3.63) is 33.8 Å². The molecule has 114 valence electrons. The number of imidazole rings is 1. The van der Waals surface area contributed by atoms with Gasteiger partial charge in [-0.25, -0.2) is 9.97 Å². The maximum Gasteiger partial charge on any atom is 0.320 e. The molecule has 0 fully saturated rings. The highest BCUT2D eigenvalue weighted by Gasteiger charge is 2.16. The lowest BCUT2D eigenvalue weighted by Gasteiger charge is -2.07. The van der Waals surface area contributed by atoms with E-state index in [9.17, 15) is 0 Å². The highest BCUT2D eigenvalue weighted by Crippen LogP contribution is 2.25. The van der Waals surface area contributed by atoms with Crippen LogP contribution in [-0.4, -0.2) is 31.1 Å². The minimum atomic E-state index is 0.232. The summed E-state index contributed by atoms with van der Waals surface area (Å²) in [5.74, 6) is 0.280. The molecule has 0 amide bonds. The molecular formula is C13H12BrClN6O. The average Bonchev–Trinajstić information content (AvgIpc) is 2.79. The fourth-order valence-electron chi connectivity index (χ4n) is 1.99. The molecule has 0 aliphatic rings. The van der Waals surface area contributed by atoms with Gasteiger partial charge in [-0.05, 0) is 34.5 Å². The van der Waals surface area contributed by atoms with Gasteiger partial charge in [-0.15, -0.1) is 0 Å². The zero-order chi connectivity index (χ0) is 15.7. The van der Waals surface area contributed by atoms with Gasteiger partial charge in [0.25, 0.3) is 0 Å². The summed E-state index contributed by atoms with van der Waals surface area (Å²) >= 11 is 9.22. The average molecular weight is 384 g/mol. The monoisotopic (exact) mass is 382 g/mol. The van der Waals surface area contributed by atoms with E-state index < -0.39 is 0 Å². The van der Waals surface area contributed by atoms with Gasteiger partial charge in [0.1, 0.15) is 5.15 Å². The Morgan fingerprint density at radius 2 is 2.14 bits per heavy atom. The predicted molar refractivity (Wildman–Crippen MR) is 87.0 cm³/mol. The number of hydrogen-bond donors (Lipinski definition) is 1. The van der Waals surface area contributed by atoms with Gasteiger partial charge in [0.2, 0.25) is 0 Å². The van der Waals surface area contributed by atoms with Crippen LogP contribution in [0.3, 0.4) is 0 Å². The van der Waals surface area contributed by atoms with Crippen molar-refractivity contribution in [1.82, 2.24) is 24.5 Å². The van der Waals surface area contributed by atoms with E-state index in [1.165, 1.54) is 0 Å². The summed E-state index contributed by atoms with van der Waals surface area (Å²) in [6.45, 7) is 2.83. The molecule has 3 rings (SSSR count). The summed E-state index contributed by atoms with van der Waals surface area (Å²) in [5, 5.41) is 0.448. The van der Waals surface area contributed by atoms with Crippen LogP contribution in [0.5, 0.6) is 6.01 Å². The van der Waals surface area contributed by atoms with Crippen LogP contribution in [0.1, 0.15) is 12.5 Å². The Balaban J connectivity index is 2.07. The molecule has 0 unspecified atom stereocenters. The Morgan fingerprint density at radius 1 is 1.32 bits per heavy atom. The van der Waals surface area contributed by atoms with Crippen molar-refractivity contribution in [2.45, 2.75) is 13.5 Å². The van der Waals surface area contributed by atoms with E-state index in [4.69, 9.17) is 22.1 Å². The van der Waals surface area contributed by atoms with E-state index in [0.717, 1.165) is 5.56 Å². The number of anilines is 1. The summed E-state index contributed by atoms with van der Waals surface area (Å²) in [4.78, 5) is 16.9. The van der Waals surface area contributed by atoms with Crippen molar-refractivity contribution in [1.29, 1.82) is 0 Å². The normalized spacial score (nSPS) is 11.0. The molecule has 0 aliphatic carbocycles. The first-order valence-electron chi connectivity index (χ1n) is 6.51. The number of rotatable bonds is 4. The SMILES string of the molecule is CCOc1nc(N)c2nc(Br)n(Cc3ccc(Cl)nc3)c2n1. The van der Waals surface area contributed by atoms with E-state index in [1.807, 2.05) is 17.6 Å². The zero-order valence-corrected chi connectivity index (χ0v) is 14.0. The van der Waals surface area contributed by atoms with E-state index in [1.54, 1.807) is 12.3 Å². The number of aromatic nitrogens is 5. The molecule has 22 heavy (non-hydrogen) atoms. The van der Waals surface area contributed by atoms with Crippen molar-refractivity contribution in [3.8, 4) is 6.01 Å². The minimum Gasteiger partial charge on any atom is -0.464 e. The summed E-state index contributed by atoms with van der Waals surface area (Å²) < 4.78 is 7.80. The van der Waals surface area contributed by atoms with E-state index in [2.05, 4.69) is 35.9 Å². The fraction of sp³-hybridized carbons (Fsp3) is 0.231. The van der Waals surface area contributed by atoms with Crippen LogP contribution in [0.15, 0.2) is 23.1 Å². The maximum atomic E-state index is 5.93. The Morgan fingerprint density at radius 3 is 2.82 bits per heavy atom. The number of nitrogens with two attached hydrogens (primary N) is 1. The molecule has 9 heteroatoms. The zero-order valence-electron chi connectivity index (χ0n) is 11.6. The van der Waals surface area contributed by atoms with Gasteiger partial charge >= 0.3 is 6.01 Å². The molecule has 0 aliphatic heterocycles. The summed E-state index contributed by atoms with van der Waals surface area (Å²) in [6.07, 6.45) is 1.70. The Labute approximate surface area is 139 Å². The van der Waals surface area contributed by atoms with Crippen LogP contribution < -0.4 is 10.5 Å². The molecule has 7 nitrogen and oxygen atoms in total. The number of nitrogen functional groups attached to an aromatic ring is 1. The third-order valence-electron chi connectivity index (χ3n) is 2.96. The third kappa shape index (κ3) is 2.84. The van der Waals surface area contributed by atoms with Gasteiger partial charge in [-0.2, -0.15) is 9.97 Å². The van der Waals surface area contributed by atoms with Gasteiger partial charge in [0.15, 0.2) is 21.7 Å². The van der Waals surface area contributed by atoms with Gasteiger partial charge in [0.05, 0.1) is 13.2 Å². The number of nitrogens with zero attached hydrogens (tertiary/aromatic N) is 5. The largest absolute Gasteiger partial charge is 0.464 e. The van der Waals surface area contributed by atoms with Crippen molar-refractivity contribution < 1.29 is 4.74 Å². The van der Waals surface area contributed by atoms with E-state index in [-0.39, 0.29) is 11.8 Å². The van der Waals surface area contributed by atoms with Crippen LogP contribution >= 0.6 is 27.5 Å². The molecular weight excluding hydrogens is 372 g/mol. The highest BCUT2D eigenvalue weighted by atomic mass is 79.9. The first kappa shape index (κ1) is 15.0. The van der Waals surface area contributed by atoms with Crippen LogP contribution in [0.2, 0.25) is 5.15 Å².